The van der Waals surface area contributed by atoms with Gasteiger partial charge in [-0.2, -0.15) is 4.99 Å². The van der Waals surface area contributed by atoms with Crippen LogP contribution in [0.1, 0.15) is 0 Å². The highest BCUT2D eigenvalue weighted by molar-refractivity contribution is 14.1. The molecule has 0 unspecified atom stereocenters. The molecule has 0 heterocycles. The first-order chi connectivity index (χ1) is 5.25. The second-order valence-electron chi connectivity index (χ2n) is 1.77. The number of nitrogens with zero attached hydrogens (tertiary/aromatic N) is 1. The molecule has 56 valence electrons. The highest BCUT2D eigenvalue weighted by atomic mass is 127. The van der Waals surface area contributed by atoms with Gasteiger partial charge in [0.25, 0.3) is 0 Å². The average molecular weight is 324 g/mol. The van der Waals surface area contributed by atoms with Crippen molar-refractivity contribution in [1.82, 2.24) is 0 Å². The molecular formula is C7H3BrINO. The Morgan fingerprint density at radius 1 is 1.55 bits per heavy atom. The van der Waals surface area contributed by atoms with E-state index in [-0.39, 0.29) is 0 Å². The maximum absolute atomic E-state index is 9.96. The van der Waals surface area contributed by atoms with Gasteiger partial charge in [-0.3, -0.25) is 0 Å². The number of halogens is 2. The number of para-hydroxylation sites is 1. The van der Waals surface area contributed by atoms with Gasteiger partial charge in [0, 0.05) is 8.04 Å². The Balaban J connectivity index is 3.31. The number of benzene rings is 1. The highest BCUT2D eigenvalue weighted by Crippen LogP contribution is 2.29. The topological polar surface area (TPSA) is 29.4 Å². The van der Waals surface area contributed by atoms with Crippen LogP contribution >= 0.6 is 38.5 Å². The maximum atomic E-state index is 9.96. The molecule has 2 nitrogen and oxygen atoms in total. The van der Waals surface area contributed by atoms with Crippen molar-refractivity contribution >= 4 is 50.3 Å². The summed E-state index contributed by atoms with van der Waals surface area (Å²) in [5, 5.41) is 0. The Kier molecular flexibility index (Phi) is 3.23. The zero-order chi connectivity index (χ0) is 8.27. The quantitative estimate of drug-likeness (QED) is 0.444. The van der Waals surface area contributed by atoms with Gasteiger partial charge in [-0.25, -0.2) is 4.79 Å². The number of hydrogen-bond acceptors (Lipinski definition) is 2. The van der Waals surface area contributed by atoms with Crippen LogP contribution in [0, 0.1) is 3.57 Å². The number of carbonyl (C=O) groups excluding carboxylic acids is 1. The number of aliphatic imine (C=N–C) groups is 1. The van der Waals surface area contributed by atoms with Crippen LogP contribution in [0.25, 0.3) is 0 Å². The van der Waals surface area contributed by atoms with Crippen LogP contribution < -0.4 is 0 Å². The minimum absolute atomic E-state index is 0.642. The van der Waals surface area contributed by atoms with Gasteiger partial charge >= 0.3 is 0 Å². The van der Waals surface area contributed by atoms with Crippen LogP contribution in [0.4, 0.5) is 5.69 Å². The summed E-state index contributed by atoms with van der Waals surface area (Å²) in [6, 6.07) is 5.59. The third-order valence-electron chi connectivity index (χ3n) is 1.09. The van der Waals surface area contributed by atoms with Crippen molar-refractivity contribution in [2.75, 3.05) is 0 Å². The molecule has 0 atom stereocenters. The van der Waals surface area contributed by atoms with Gasteiger partial charge in [0.1, 0.15) is 5.69 Å². The third-order valence-corrected chi connectivity index (χ3v) is 2.61. The SMILES string of the molecule is O=C=Nc1c(Br)cccc1I. The lowest BCUT2D eigenvalue weighted by molar-refractivity contribution is 0.565. The van der Waals surface area contributed by atoms with Gasteiger partial charge in [0.05, 0.1) is 0 Å². The van der Waals surface area contributed by atoms with Gasteiger partial charge in [-0.1, -0.05) is 6.07 Å². The van der Waals surface area contributed by atoms with Crippen molar-refractivity contribution in [3.63, 3.8) is 0 Å². The molecule has 1 aromatic rings. The van der Waals surface area contributed by atoms with Crippen LogP contribution in [0.2, 0.25) is 0 Å². The molecular weight excluding hydrogens is 321 g/mol. The fourth-order valence-electron chi connectivity index (χ4n) is 0.641. The molecule has 0 aliphatic carbocycles. The molecule has 0 saturated carbocycles. The fraction of sp³-hybridized carbons (Fsp3) is 0. The Morgan fingerprint density at radius 2 is 2.27 bits per heavy atom. The largest absolute Gasteiger partial charge is 0.240 e. The molecule has 1 aromatic carbocycles. The van der Waals surface area contributed by atoms with Crippen LogP contribution in [-0.4, -0.2) is 6.08 Å². The predicted octanol–water partition coefficient (Wildman–Crippen LogP) is 3.02. The van der Waals surface area contributed by atoms with E-state index < -0.39 is 0 Å². The minimum Gasteiger partial charge on any atom is -0.211 e. The lowest BCUT2D eigenvalue weighted by Crippen LogP contribution is -1.73. The van der Waals surface area contributed by atoms with Crippen LogP contribution in [0.3, 0.4) is 0 Å². The monoisotopic (exact) mass is 323 g/mol. The lowest BCUT2D eigenvalue weighted by atomic mass is 10.3. The van der Waals surface area contributed by atoms with E-state index in [2.05, 4.69) is 43.5 Å². The molecule has 11 heavy (non-hydrogen) atoms. The molecule has 0 bridgehead atoms. The summed E-state index contributed by atoms with van der Waals surface area (Å²) < 4.78 is 1.74. The van der Waals surface area contributed by atoms with Crippen molar-refractivity contribution < 1.29 is 4.79 Å². The van der Waals surface area contributed by atoms with E-state index in [1.54, 1.807) is 0 Å². The summed E-state index contributed by atoms with van der Waals surface area (Å²) in [7, 11) is 0. The molecule has 0 aliphatic rings. The summed E-state index contributed by atoms with van der Waals surface area (Å²) >= 11 is 5.38. The summed E-state index contributed by atoms with van der Waals surface area (Å²) in [5.74, 6) is 0. The van der Waals surface area contributed by atoms with Crippen molar-refractivity contribution in [2.45, 2.75) is 0 Å². The van der Waals surface area contributed by atoms with Gasteiger partial charge in [0.15, 0.2) is 0 Å². The molecule has 0 aliphatic heterocycles. The van der Waals surface area contributed by atoms with Gasteiger partial charge < -0.3 is 0 Å². The molecule has 0 fully saturated rings. The van der Waals surface area contributed by atoms with E-state index >= 15 is 0 Å². The fourth-order valence-corrected chi connectivity index (χ4v) is 2.09. The molecule has 1 rings (SSSR count). The first kappa shape index (κ1) is 8.90. The van der Waals surface area contributed by atoms with E-state index in [4.69, 9.17) is 0 Å². The van der Waals surface area contributed by atoms with Crippen molar-refractivity contribution in [1.29, 1.82) is 0 Å². The first-order valence-corrected chi connectivity index (χ1v) is 4.65. The molecule has 0 aromatic heterocycles. The average Bonchev–Trinajstić information content (AvgIpc) is 1.97. The van der Waals surface area contributed by atoms with E-state index in [0.29, 0.717) is 5.69 Å². The number of isocyanates is 1. The molecule has 0 amide bonds. The molecule has 0 radical (unpaired) electrons. The summed E-state index contributed by atoms with van der Waals surface area (Å²) in [6.45, 7) is 0. The molecule has 0 saturated heterocycles. The van der Waals surface area contributed by atoms with E-state index in [9.17, 15) is 4.79 Å². The van der Waals surface area contributed by atoms with Gasteiger partial charge in [-0.05, 0) is 50.7 Å². The van der Waals surface area contributed by atoms with Crippen LogP contribution in [0.15, 0.2) is 27.7 Å². The van der Waals surface area contributed by atoms with Gasteiger partial charge in [0.2, 0.25) is 6.08 Å². The van der Waals surface area contributed by atoms with E-state index in [1.807, 2.05) is 18.2 Å². The smallest absolute Gasteiger partial charge is 0.211 e. The van der Waals surface area contributed by atoms with Crippen molar-refractivity contribution in [2.24, 2.45) is 4.99 Å². The van der Waals surface area contributed by atoms with E-state index in [1.165, 1.54) is 6.08 Å². The Hall–Kier alpha value is -0.190. The summed E-state index contributed by atoms with van der Waals surface area (Å²) in [5.41, 5.74) is 0.642. The predicted molar refractivity (Wildman–Crippen MR) is 54.6 cm³/mol. The minimum atomic E-state index is 0.642. The molecule has 0 N–H and O–H groups in total. The zero-order valence-electron chi connectivity index (χ0n) is 5.34. The van der Waals surface area contributed by atoms with E-state index in [0.717, 1.165) is 8.04 Å². The zero-order valence-corrected chi connectivity index (χ0v) is 9.09. The molecule has 4 heteroatoms. The van der Waals surface area contributed by atoms with Crippen LogP contribution in [0.5, 0.6) is 0 Å². The third kappa shape index (κ3) is 2.12. The maximum Gasteiger partial charge on any atom is 0.240 e. The number of rotatable bonds is 1. The Labute approximate surface area is 86.0 Å². The van der Waals surface area contributed by atoms with Crippen molar-refractivity contribution in [3.05, 3.63) is 26.2 Å². The number of hydrogen-bond donors (Lipinski definition) is 0. The van der Waals surface area contributed by atoms with Gasteiger partial charge in [-0.15, -0.1) is 0 Å². The van der Waals surface area contributed by atoms with Crippen LogP contribution in [-0.2, 0) is 4.79 Å². The Bertz CT molecular complexity index is 300. The second kappa shape index (κ2) is 3.99. The highest BCUT2D eigenvalue weighted by Gasteiger charge is 2.00. The first-order valence-electron chi connectivity index (χ1n) is 2.77. The Morgan fingerprint density at radius 3 is 2.82 bits per heavy atom. The van der Waals surface area contributed by atoms with Crippen molar-refractivity contribution in [3.8, 4) is 0 Å². The standard InChI is InChI=1S/C7H3BrINO/c8-5-2-1-3-6(9)7(5)10-4-11/h1-3H. The molecule has 0 spiro atoms. The normalized spacial score (nSPS) is 8.91. The summed E-state index contributed by atoms with van der Waals surface area (Å²) in [4.78, 5) is 13.5. The summed E-state index contributed by atoms with van der Waals surface area (Å²) in [6.07, 6.45) is 1.51. The lowest BCUT2D eigenvalue weighted by Gasteiger charge is -1.96. The second-order valence-corrected chi connectivity index (χ2v) is 3.79.